The molecule has 0 aromatic carbocycles. The average Bonchev–Trinajstić information content (AvgIpc) is 2.53. The Labute approximate surface area is 133 Å². The number of amides is 1. The van der Waals surface area contributed by atoms with Crippen LogP contribution >= 0.6 is 0 Å². The average molecular weight is 311 g/mol. The standard InChI is InChI=1S/C16H29N3O3/c1-12(10-20)14(3)18-16(21)11-22-19-13(2)4-5-15-6-8-17-9-7-15/h10,12,14-15,17H,4-9,11H2,1-3H3,(H,18,21)/b19-13+. The molecule has 22 heavy (non-hydrogen) atoms. The van der Waals surface area contributed by atoms with Gasteiger partial charge in [-0.15, -0.1) is 0 Å². The summed E-state index contributed by atoms with van der Waals surface area (Å²) in [4.78, 5) is 27.3. The molecule has 0 aromatic heterocycles. The van der Waals surface area contributed by atoms with Crippen molar-refractivity contribution in [2.45, 2.75) is 52.5 Å². The smallest absolute Gasteiger partial charge is 0.261 e. The van der Waals surface area contributed by atoms with Crippen LogP contribution in [0.3, 0.4) is 0 Å². The van der Waals surface area contributed by atoms with Crippen LogP contribution in [0.4, 0.5) is 0 Å². The molecule has 2 N–H and O–H groups in total. The predicted octanol–water partition coefficient (Wildman–Crippen LogP) is 1.50. The molecule has 1 aliphatic rings. The molecule has 2 unspecified atom stereocenters. The van der Waals surface area contributed by atoms with Gasteiger partial charge in [-0.3, -0.25) is 4.79 Å². The van der Waals surface area contributed by atoms with Gasteiger partial charge in [0.15, 0.2) is 6.61 Å². The molecule has 0 aliphatic carbocycles. The lowest BCUT2D eigenvalue weighted by Gasteiger charge is -2.22. The summed E-state index contributed by atoms with van der Waals surface area (Å²) < 4.78 is 0. The molecule has 1 amide bonds. The third kappa shape index (κ3) is 7.54. The summed E-state index contributed by atoms with van der Waals surface area (Å²) in [5, 5.41) is 10.1. The van der Waals surface area contributed by atoms with E-state index in [0.29, 0.717) is 0 Å². The Hall–Kier alpha value is -1.43. The Morgan fingerprint density at radius 2 is 2.09 bits per heavy atom. The van der Waals surface area contributed by atoms with Gasteiger partial charge in [0.2, 0.25) is 0 Å². The monoisotopic (exact) mass is 311 g/mol. The molecular formula is C16H29N3O3. The van der Waals surface area contributed by atoms with Gasteiger partial charge < -0.3 is 20.3 Å². The van der Waals surface area contributed by atoms with E-state index in [1.807, 2.05) is 6.92 Å². The van der Waals surface area contributed by atoms with Crippen LogP contribution < -0.4 is 10.6 Å². The highest BCUT2D eigenvalue weighted by Gasteiger charge is 2.14. The van der Waals surface area contributed by atoms with E-state index in [4.69, 9.17) is 4.84 Å². The molecule has 6 nitrogen and oxygen atoms in total. The molecule has 1 saturated heterocycles. The quantitative estimate of drug-likeness (QED) is 0.384. The summed E-state index contributed by atoms with van der Waals surface area (Å²) in [6, 6.07) is -0.196. The zero-order chi connectivity index (χ0) is 16.4. The molecule has 0 radical (unpaired) electrons. The summed E-state index contributed by atoms with van der Waals surface area (Å²) in [7, 11) is 0. The topological polar surface area (TPSA) is 79.8 Å². The van der Waals surface area contributed by atoms with Gasteiger partial charge in [0.1, 0.15) is 6.29 Å². The Morgan fingerprint density at radius 3 is 2.73 bits per heavy atom. The van der Waals surface area contributed by atoms with Crippen molar-refractivity contribution in [2.24, 2.45) is 17.0 Å². The zero-order valence-electron chi connectivity index (χ0n) is 13.9. The fourth-order valence-electron chi connectivity index (χ4n) is 2.38. The van der Waals surface area contributed by atoms with Crippen molar-refractivity contribution in [1.82, 2.24) is 10.6 Å². The molecular weight excluding hydrogens is 282 g/mol. The normalized spacial score (nSPS) is 19.3. The fraction of sp³-hybridized carbons (Fsp3) is 0.812. The molecule has 0 saturated carbocycles. The minimum atomic E-state index is -0.254. The van der Waals surface area contributed by atoms with Gasteiger partial charge >= 0.3 is 0 Å². The maximum absolute atomic E-state index is 11.6. The molecule has 0 aromatic rings. The fourth-order valence-corrected chi connectivity index (χ4v) is 2.38. The van der Waals surface area contributed by atoms with Crippen molar-refractivity contribution < 1.29 is 14.4 Å². The van der Waals surface area contributed by atoms with Gasteiger partial charge in [0, 0.05) is 12.0 Å². The second-order valence-corrected chi connectivity index (χ2v) is 6.18. The minimum absolute atomic E-state index is 0.111. The highest BCUT2D eigenvalue weighted by molar-refractivity contribution is 5.81. The van der Waals surface area contributed by atoms with Crippen molar-refractivity contribution in [3.63, 3.8) is 0 Å². The number of piperidine rings is 1. The molecule has 1 aliphatic heterocycles. The summed E-state index contributed by atoms with van der Waals surface area (Å²) >= 11 is 0. The third-order valence-corrected chi connectivity index (χ3v) is 4.18. The Bertz CT molecular complexity index is 379. The lowest BCUT2D eigenvalue weighted by Crippen LogP contribution is -2.39. The van der Waals surface area contributed by atoms with Crippen LogP contribution in [0.25, 0.3) is 0 Å². The van der Waals surface area contributed by atoms with E-state index in [-0.39, 0.29) is 24.5 Å². The lowest BCUT2D eigenvalue weighted by atomic mass is 9.92. The lowest BCUT2D eigenvalue weighted by molar-refractivity contribution is -0.126. The number of nitrogens with zero attached hydrogens (tertiary/aromatic N) is 1. The summed E-state index contributed by atoms with van der Waals surface area (Å²) in [5.74, 6) is 0.302. The SMILES string of the molecule is C/C(CCC1CCNCC1)=N\OCC(=O)NC(C)C(C)C=O. The van der Waals surface area contributed by atoms with E-state index in [9.17, 15) is 9.59 Å². The van der Waals surface area contributed by atoms with Crippen molar-refractivity contribution in [3.05, 3.63) is 0 Å². The number of hydrogen-bond donors (Lipinski definition) is 2. The van der Waals surface area contributed by atoms with Gasteiger partial charge in [-0.2, -0.15) is 0 Å². The molecule has 1 rings (SSSR count). The Kier molecular flexibility index (Phi) is 8.74. The summed E-state index contributed by atoms with van der Waals surface area (Å²) in [6.07, 6.45) is 5.31. The minimum Gasteiger partial charge on any atom is -0.386 e. The van der Waals surface area contributed by atoms with Crippen LogP contribution in [-0.2, 0) is 14.4 Å². The van der Waals surface area contributed by atoms with Crippen LogP contribution in [-0.4, -0.2) is 43.6 Å². The van der Waals surface area contributed by atoms with Crippen LogP contribution in [0.5, 0.6) is 0 Å². The second kappa shape index (κ2) is 10.3. The number of hydrogen-bond acceptors (Lipinski definition) is 5. The summed E-state index contributed by atoms with van der Waals surface area (Å²) in [6.45, 7) is 7.59. The van der Waals surface area contributed by atoms with Gasteiger partial charge in [0.05, 0.1) is 5.71 Å². The molecule has 2 atom stereocenters. The number of rotatable bonds is 9. The van der Waals surface area contributed by atoms with Crippen molar-refractivity contribution in [2.75, 3.05) is 19.7 Å². The van der Waals surface area contributed by atoms with Gasteiger partial charge in [-0.05, 0) is 58.5 Å². The van der Waals surface area contributed by atoms with Crippen LogP contribution in [0, 0.1) is 11.8 Å². The molecule has 6 heteroatoms. The maximum Gasteiger partial charge on any atom is 0.261 e. The Morgan fingerprint density at radius 1 is 1.41 bits per heavy atom. The first-order valence-corrected chi connectivity index (χ1v) is 8.13. The number of carbonyl (C=O) groups is 2. The van der Waals surface area contributed by atoms with Crippen LogP contribution in [0.1, 0.15) is 46.5 Å². The van der Waals surface area contributed by atoms with Crippen molar-refractivity contribution in [3.8, 4) is 0 Å². The molecule has 126 valence electrons. The second-order valence-electron chi connectivity index (χ2n) is 6.18. The van der Waals surface area contributed by atoms with Crippen molar-refractivity contribution >= 4 is 17.9 Å². The van der Waals surface area contributed by atoms with E-state index in [1.165, 1.54) is 12.8 Å². The molecule has 0 spiro atoms. The van der Waals surface area contributed by atoms with Gasteiger partial charge in [0.25, 0.3) is 5.91 Å². The largest absolute Gasteiger partial charge is 0.386 e. The number of aldehydes is 1. The maximum atomic E-state index is 11.6. The molecule has 1 heterocycles. The van der Waals surface area contributed by atoms with Crippen molar-refractivity contribution in [1.29, 1.82) is 0 Å². The van der Waals surface area contributed by atoms with E-state index in [0.717, 1.165) is 43.8 Å². The third-order valence-electron chi connectivity index (χ3n) is 4.18. The van der Waals surface area contributed by atoms with Gasteiger partial charge in [-0.25, -0.2) is 0 Å². The van der Waals surface area contributed by atoms with Crippen LogP contribution in [0.15, 0.2) is 5.16 Å². The van der Waals surface area contributed by atoms with E-state index in [2.05, 4.69) is 15.8 Å². The van der Waals surface area contributed by atoms with Gasteiger partial charge in [-0.1, -0.05) is 12.1 Å². The number of carbonyl (C=O) groups excluding carboxylic acids is 2. The summed E-state index contributed by atoms with van der Waals surface area (Å²) in [5.41, 5.74) is 0.917. The highest BCUT2D eigenvalue weighted by atomic mass is 16.6. The first kappa shape index (κ1) is 18.6. The highest BCUT2D eigenvalue weighted by Crippen LogP contribution is 2.17. The number of nitrogens with one attached hydrogen (secondary N) is 2. The van der Waals surface area contributed by atoms with E-state index >= 15 is 0 Å². The number of oxime groups is 1. The predicted molar refractivity (Wildman–Crippen MR) is 86.7 cm³/mol. The van der Waals surface area contributed by atoms with E-state index < -0.39 is 0 Å². The first-order chi connectivity index (χ1) is 10.5. The first-order valence-electron chi connectivity index (χ1n) is 8.13. The molecule has 0 bridgehead atoms. The Balaban J connectivity index is 2.17. The van der Waals surface area contributed by atoms with E-state index in [1.54, 1.807) is 13.8 Å². The van der Waals surface area contributed by atoms with Crippen LogP contribution in [0.2, 0.25) is 0 Å². The zero-order valence-corrected chi connectivity index (χ0v) is 13.9. The molecule has 1 fully saturated rings.